The number of thioether (sulfide) groups is 1. The average Bonchev–Trinajstić information content (AvgIpc) is 3.26. The number of hydrogen-bond acceptors (Lipinski definition) is 7. The minimum Gasteiger partial charge on any atom is -0.497 e. The second kappa shape index (κ2) is 10.7. The molecular formula is C26H24BrN3O4S2. The third-order valence-corrected chi connectivity index (χ3v) is 8.66. The average molecular weight is 587 g/mol. The Kier molecular flexibility index (Phi) is 7.36. The predicted octanol–water partition coefficient (Wildman–Crippen LogP) is 5.84. The highest BCUT2D eigenvalue weighted by atomic mass is 79.9. The first-order valence-electron chi connectivity index (χ1n) is 11.5. The van der Waals surface area contributed by atoms with E-state index in [-0.39, 0.29) is 17.2 Å². The molecule has 186 valence electrons. The van der Waals surface area contributed by atoms with Crippen LogP contribution in [0.15, 0.2) is 56.9 Å². The molecule has 2 aromatic carbocycles. The van der Waals surface area contributed by atoms with Crippen molar-refractivity contribution in [3.8, 4) is 17.2 Å². The van der Waals surface area contributed by atoms with Crippen molar-refractivity contribution in [3.63, 3.8) is 0 Å². The number of aryl methyl sites for hydroxylation is 2. The van der Waals surface area contributed by atoms with Crippen molar-refractivity contribution in [3.05, 3.63) is 67.7 Å². The number of carbonyl (C=O) groups excluding carboxylic acids is 1. The van der Waals surface area contributed by atoms with Crippen LogP contribution in [0.4, 0.5) is 5.69 Å². The SMILES string of the molecule is COc1cc(NC(=O)CSc2nc3sc4c(c3c(=O)n2-c2ccc(Br)cc2)CCCC4)cc(OC)c1. The highest BCUT2D eigenvalue weighted by Gasteiger charge is 2.23. The molecule has 1 N–H and O–H groups in total. The molecule has 1 aliphatic rings. The molecule has 7 nitrogen and oxygen atoms in total. The van der Waals surface area contributed by atoms with Crippen molar-refractivity contribution < 1.29 is 14.3 Å². The van der Waals surface area contributed by atoms with Crippen LogP contribution >= 0.6 is 39.0 Å². The highest BCUT2D eigenvalue weighted by molar-refractivity contribution is 9.10. The van der Waals surface area contributed by atoms with Gasteiger partial charge in [0.2, 0.25) is 5.91 Å². The van der Waals surface area contributed by atoms with Gasteiger partial charge < -0.3 is 14.8 Å². The smallest absolute Gasteiger partial charge is 0.267 e. The number of hydrogen-bond donors (Lipinski definition) is 1. The lowest BCUT2D eigenvalue weighted by molar-refractivity contribution is -0.113. The van der Waals surface area contributed by atoms with Gasteiger partial charge in [-0.1, -0.05) is 27.7 Å². The molecule has 0 saturated carbocycles. The molecule has 0 atom stereocenters. The van der Waals surface area contributed by atoms with Crippen LogP contribution in [0.2, 0.25) is 0 Å². The van der Waals surface area contributed by atoms with Gasteiger partial charge in [0.05, 0.1) is 31.0 Å². The number of aromatic nitrogens is 2. The maximum atomic E-state index is 13.8. The van der Waals surface area contributed by atoms with Gasteiger partial charge in [0, 0.05) is 33.2 Å². The van der Waals surface area contributed by atoms with Crippen molar-refractivity contribution in [2.45, 2.75) is 30.8 Å². The minimum atomic E-state index is -0.225. The quantitative estimate of drug-likeness (QED) is 0.217. The lowest BCUT2D eigenvalue weighted by Gasteiger charge is -2.14. The van der Waals surface area contributed by atoms with Crippen LogP contribution in [0.1, 0.15) is 23.3 Å². The van der Waals surface area contributed by atoms with Gasteiger partial charge in [0.15, 0.2) is 5.16 Å². The number of amides is 1. The molecule has 1 aliphatic carbocycles. The standard InChI is InChI=1S/C26H24BrN3O4S2/c1-33-18-11-16(12-19(13-18)34-2)28-22(31)14-35-26-29-24-23(20-5-3-4-6-21(20)36-24)25(32)30(26)17-9-7-15(27)8-10-17/h7-13H,3-6,14H2,1-2H3,(H,28,31). The summed E-state index contributed by atoms with van der Waals surface area (Å²) in [4.78, 5) is 33.6. The van der Waals surface area contributed by atoms with Gasteiger partial charge in [-0.15, -0.1) is 11.3 Å². The zero-order valence-corrected chi connectivity index (χ0v) is 23.0. The van der Waals surface area contributed by atoms with Gasteiger partial charge in [-0.05, 0) is 55.5 Å². The van der Waals surface area contributed by atoms with E-state index in [1.54, 1.807) is 48.3 Å². The Morgan fingerprint density at radius 3 is 2.50 bits per heavy atom. The third-order valence-electron chi connectivity index (χ3n) is 6.01. The van der Waals surface area contributed by atoms with Crippen LogP contribution in [-0.4, -0.2) is 35.4 Å². The summed E-state index contributed by atoms with van der Waals surface area (Å²) in [5.41, 5.74) is 2.35. The summed E-state index contributed by atoms with van der Waals surface area (Å²) in [7, 11) is 3.11. The summed E-state index contributed by atoms with van der Waals surface area (Å²) in [6.07, 6.45) is 4.12. The monoisotopic (exact) mass is 585 g/mol. The van der Waals surface area contributed by atoms with Gasteiger partial charge in [0.1, 0.15) is 16.3 Å². The van der Waals surface area contributed by atoms with Crippen LogP contribution in [0.3, 0.4) is 0 Å². The molecule has 2 heterocycles. The molecule has 10 heteroatoms. The van der Waals surface area contributed by atoms with Crippen molar-refractivity contribution in [2.75, 3.05) is 25.3 Å². The van der Waals surface area contributed by atoms with E-state index < -0.39 is 0 Å². The van der Waals surface area contributed by atoms with E-state index in [2.05, 4.69) is 21.2 Å². The molecule has 1 amide bonds. The normalized spacial score (nSPS) is 12.9. The summed E-state index contributed by atoms with van der Waals surface area (Å²) in [6, 6.07) is 12.7. The molecule has 2 aromatic heterocycles. The number of nitrogens with zero attached hydrogens (tertiary/aromatic N) is 2. The Morgan fingerprint density at radius 1 is 1.11 bits per heavy atom. The fourth-order valence-electron chi connectivity index (χ4n) is 4.31. The van der Waals surface area contributed by atoms with Crippen molar-refractivity contribution in [2.24, 2.45) is 0 Å². The Bertz CT molecular complexity index is 1480. The van der Waals surface area contributed by atoms with E-state index in [9.17, 15) is 9.59 Å². The molecular weight excluding hydrogens is 562 g/mol. The predicted molar refractivity (Wildman–Crippen MR) is 148 cm³/mol. The summed E-state index contributed by atoms with van der Waals surface area (Å²) in [5, 5.41) is 4.09. The van der Waals surface area contributed by atoms with E-state index in [1.165, 1.54) is 16.6 Å². The highest BCUT2D eigenvalue weighted by Crippen LogP contribution is 2.35. The number of anilines is 1. The minimum absolute atomic E-state index is 0.0813. The Morgan fingerprint density at radius 2 is 1.81 bits per heavy atom. The molecule has 0 unspecified atom stereocenters. The molecule has 0 radical (unpaired) electrons. The number of rotatable bonds is 7. The summed E-state index contributed by atoms with van der Waals surface area (Å²) < 4.78 is 13.1. The first-order chi connectivity index (χ1) is 17.5. The fraction of sp³-hybridized carbons (Fsp3) is 0.269. The van der Waals surface area contributed by atoms with Crippen molar-refractivity contribution in [1.82, 2.24) is 9.55 Å². The van der Waals surface area contributed by atoms with Crippen LogP contribution in [0.5, 0.6) is 11.5 Å². The second-order valence-electron chi connectivity index (χ2n) is 8.34. The van der Waals surface area contributed by atoms with Crippen molar-refractivity contribution >= 4 is 60.8 Å². The summed E-state index contributed by atoms with van der Waals surface area (Å²) in [6.45, 7) is 0. The lowest BCUT2D eigenvalue weighted by atomic mass is 9.97. The first-order valence-corrected chi connectivity index (χ1v) is 14.1. The number of benzene rings is 2. The van der Waals surface area contributed by atoms with Crippen molar-refractivity contribution in [1.29, 1.82) is 0 Å². The first kappa shape index (κ1) is 24.9. The fourth-order valence-corrected chi connectivity index (χ4v) is 6.69. The van der Waals surface area contributed by atoms with Crippen LogP contribution in [-0.2, 0) is 17.6 Å². The third kappa shape index (κ3) is 5.02. The van der Waals surface area contributed by atoms with Gasteiger partial charge in [-0.25, -0.2) is 4.98 Å². The summed E-state index contributed by atoms with van der Waals surface area (Å²) >= 11 is 6.31. The van der Waals surface area contributed by atoms with Crippen LogP contribution < -0.4 is 20.3 Å². The lowest BCUT2D eigenvalue weighted by Crippen LogP contribution is -2.23. The second-order valence-corrected chi connectivity index (χ2v) is 11.3. The van der Waals surface area contributed by atoms with Gasteiger partial charge in [-0.2, -0.15) is 0 Å². The molecule has 0 bridgehead atoms. The number of thiophene rings is 1. The van der Waals surface area contributed by atoms with Crippen LogP contribution in [0, 0.1) is 0 Å². The Hall–Kier alpha value is -2.82. The van der Waals surface area contributed by atoms with E-state index >= 15 is 0 Å². The van der Waals surface area contributed by atoms with E-state index in [0.717, 1.165) is 45.9 Å². The number of fused-ring (bicyclic) bond motifs is 3. The van der Waals surface area contributed by atoms with Gasteiger partial charge >= 0.3 is 0 Å². The number of carbonyl (C=O) groups is 1. The Balaban J connectivity index is 1.48. The van der Waals surface area contributed by atoms with E-state index in [4.69, 9.17) is 14.5 Å². The van der Waals surface area contributed by atoms with Crippen LogP contribution in [0.25, 0.3) is 15.9 Å². The maximum Gasteiger partial charge on any atom is 0.267 e. The number of ether oxygens (including phenoxy) is 2. The zero-order valence-electron chi connectivity index (χ0n) is 19.8. The van der Waals surface area contributed by atoms with E-state index in [0.29, 0.717) is 28.0 Å². The van der Waals surface area contributed by atoms with Gasteiger partial charge in [0.25, 0.3) is 5.56 Å². The number of halogens is 1. The largest absolute Gasteiger partial charge is 0.497 e. The molecule has 0 aliphatic heterocycles. The summed E-state index contributed by atoms with van der Waals surface area (Å²) in [5.74, 6) is 1.02. The van der Waals surface area contributed by atoms with E-state index in [1.807, 2.05) is 24.3 Å². The maximum absolute atomic E-state index is 13.8. The molecule has 4 aromatic rings. The molecule has 0 saturated heterocycles. The molecule has 0 spiro atoms. The van der Waals surface area contributed by atoms with Gasteiger partial charge in [-0.3, -0.25) is 14.2 Å². The topological polar surface area (TPSA) is 82.5 Å². The number of methoxy groups -OCH3 is 2. The molecule has 5 rings (SSSR count). The molecule has 36 heavy (non-hydrogen) atoms. The number of nitrogens with one attached hydrogen (secondary N) is 1. The zero-order chi connectivity index (χ0) is 25.2. The molecule has 0 fully saturated rings. The Labute approximate surface area is 225 Å².